The molecule has 0 unspecified atom stereocenters. The van der Waals surface area contributed by atoms with E-state index in [4.69, 9.17) is 0 Å². The van der Waals surface area contributed by atoms with Gasteiger partial charge < -0.3 is 4.90 Å². The molecule has 1 aliphatic rings. The second kappa shape index (κ2) is 7.43. The molecule has 4 nitrogen and oxygen atoms in total. The second-order valence-corrected chi connectivity index (χ2v) is 8.62. The lowest BCUT2D eigenvalue weighted by Crippen LogP contribution is -2.49. The van der Waals surface area contributed by atoms with E-state index < -0.39 is 15.1 Å². The minimum absolute atomic E-state index is 0.0881. The third-order valence-corrected chi connectivity index (χ3v) is 6.27. The zero-order valence-corrected chi connectivity index (χ0v) is 14.5. The van der Waals surface area contributed by atoms with Gasteiger partial charge in [0.1, 0.15) is 5.82 Å². The minimum atomic E-state index is -3.17. The summed E-state index contributed by atoms with van der Waals surface area (Å²) in [7, 11) is -1.49. The lowest BCUT2D eigenvalue weighted by Gasteiger charge is -2.37. The van der Waals surface area contributed by atoms with Crippen LogP contribution in [-0.2, 0) is 21.1 Å². The number of carbonyl (C=O) groups excluding carboxylic acids is 1. The fourth-order valence-electron chi connectivity index (χ4n) is 3.32. The number of hydrogen-bond donors (Lipinski definition) is 0. The molecule has 0 aliphatic heterocycles. The number of sulfone groups is 1. The van der Waals surface area contributed by atoms with Crippen LogP contribution >= 0.6 is 0 Å². The van der Waals surface area contributed by atoms with Crippen LogP contribution in [0.2, 0.25) is 0 Å². The normalized spacial score (nSPS) is 21.9. The number of hydrogen-bond acceptors (Lipinski definition) is 3. The van der Waals surface area contributed by atoms with Crippen LogP contribution < -0.4 is 0 Å². The molecule has 0 radical (unpaired) electrons. The summed E-state index contributed by atoms with van der Waals surface area (Å²) in [6.45, 7) is 0. The summed E-state index contributed by atoms with van der Waals surface area (Å²) >= 11 is 0. The van der Waals surface area contributed by atoms with Crippen LogP contribution in [0.1, 0.15) is 37.7 Å². The number of carbonyl (C=O) groups is 1. The fraction of sp³-hybridized carbons (Fsp3) is 0.588. The number of benzene rings is 1. The summed E-state index contributed by atoms with van der Waals surface area (Å²) in [4.78, 5) is 14.0. The van der Waals surface area contributed by atoms with Crippen molar-refractivity contribution in [3.05, 3.63) is 35.6 Å². The smallest absolute Gasteiger partial charge is 0.222 e. The zero-order valence-electron chi connectivity index (χ0n) is 13.7. The summed E-state index contributed by atoms with van der Waals surface area (Å²) in [5.74, 6) is -0.400. The van der Waals surface area contributed by atoms with Crippen LogP contribution in [-0.4, -0.2) is 43.8 Å². The maximum Gasteiger partial charge on any atom is 0.222 e. The predicted molar refractivity (Wildman–Crippen MR) is 88.4 cm³/mol. The summed E-state index contributed by atoms with van der Waals surface area (Å²) in [5.41, 5.74) is 0.773. The maximum absolute atomic E-state index is 13.2. The molecule has 1 aliphatic carbocycles. The van der Waals surface area contributed by atoms with Gasteiger partial charge in [0.2, 0.25) is 5.91 Å². The number of aryl methyl sites for hydroxylation is 1. The Morgan fingerprint density at radius 3 is 2.65 bits per heavy atom. The highest BCUT2D eigenvalue weighted by Gasteiger charge is 2.36. The Kier molecular flexibility index (Phi) is 5.79. The summed E-state index contributed by atoms with van der Waals surface area (Å²) in [6.07, 6.45) is 5.13. The van der Waals surface area contributed by atoms with Crippen molar-refractivity contribution in [2.75, 3.05) is 13.3 Å². The van der Waals surface area contributed by atoms with Crippen molar-refractivity contribution in [1.29, 1.82) is 0 Å². The molecule has 1 fully saturated rings. The van der Waals surface area contributed by atoms with Crippen LogP contribution in [0.15, 0.2) is 24.3 Å². The molecule has 0 N–H and O–H groups in total. The molecule has 2 rings (SSSR count). The average molecular weight is 341 g/mol. The van der Waals surface area contributed by atoms with Gasteiger partial charge >= 0.3 is 0 Å². The molecule has 128 valence electrons. The van der Waals surface area contributed by atoms with Crippen LogP contribution in [0, 0.1) is 5.82 Å². The lowest BCUT2D eigenvalue weighted by molar-refractivity contribution is -0.132. The van der Waals surface area contributed by atoms with Gasteiger partial charge in [0.05, 0.1) is 5.25 Å². The van der Waals surface area contributed by atoms with Gasteiger partial charge in [-0.05, 0) is 37.0 Å². The molecule has 0 saturated heterocycles. The Balaban J connectivity index is 2.00. The first-order chi connectivity index (χ1) is 10.8. The van der Waals surface area contributed by atoms with Crippen molar-refractivity contribution in [3.63, 3.8) is 0 Å². The summed E-state index contributed by atoms with van der Waals surface area (Å²) < 4.78 is 37.1. The highest BCUT2D eigenvalue weighted by Crippen LogP contribution is 2.27. The highest BCUT2D eigenvalue weighted by molar-refractivity contribution is 7.91. The zero-order chi connectivity index (χ0) is 17.0. The van der Waals surface area contributed by atoms with Gasteiger partial charge in [0.25, 0.3) is 0 Å². The molecule has 1 aromatic rings. The SMILES string of the molecule is CN(C(=O)CCc1cccc(F)c1)[C@@H]1CCCC[C@@H]1S(C)(=O)=O. The number of rotatable bonds is 5. The van der Waals surface area contributed by atoms with Gasteiger partial charge in [-0.1, -0.05) is 25.0 Å². The quantitative estimate of drug-likeness (QED) is 0.827. The maximum atomic E-state index is 13.2. The van der Waals surface area contributed by atoms with Gasteiger partial charge in [-0.25, -0.2) is 12.8 Å². The van der Waals surface area contributed by atoms with E-state index in [9.17, 15) is 17.6 Å². The van der Waals surface area contributed by atoms with Gasteiger partial charge in [0.15, 0.2) is 9.84 Å². The van der Waals surface area contributed by atoms with E-state index in [1.54, 1.807) is 24.1 Å². The van der Waals surface area contributed by atoms with E-state index in [0.717, 1.165) is 24.8 Å². The van der Waals surface area contributed by atoms with E-state index in [1.807, 2.05) is 0 Å². The van der Waals surface area contributed by atoms with Crippen molar-refractivity contribution in [1.82, 2.24) is 4.90 Å². The Morgan fingerprint density at radius 1 is 1.30 bits per heavy atom. The molecule has 0 bridgehead atoms. The monoisotopic (exact) mass is 341 g/mol. The number of nitrogens with zero attached hydrogens (tertiary/aromatic N) is 1. The summed E-state index contributed by atoms with van der Waals surface area (Å²) in [5, 5.41) is -0.473. The fourth-order valence-corrected chi connectivity index (χ4v) is 4.81. The topological polar surface area (TPSA) is 54.5 Å². The number of halogens is 1. The third-order valence-electron chi connectivity index (χ3n) is 4.63. The van der Waals surface area contributed by atoms with E-state index in [0.29, 0.717) is 12.8 Å². The first kappa shape index (κ1) is 17.9. The Hall–Kier alpha value is -1.43. The molecule has 2 atom stereocenters. The molecular formula is C17H24FNO3S. The molecule has 1 aromatic carbocycles. The third kappa shape index (κ3) is 4.77. The number of amides is 1. The van der Waals surface area contributed by atoms with Crippen molar-refractivity contribution < 1.29 is 17.6 Å². The molecule has 0 heterocycles. The Morgan fingerprint density at radius 2 is 2.00 bits per heavy atom. The first-order valence-corrected chi connectivity index (χ1v) is 9.93. The predicted octanol–water partition coefficient (Wildman–Crippen LogP) is 2.57. The van der Waals surface area contributed by atoms with Gasteiger partial charge in [0, 0.05) is 25.8 Å². The standard InChI is InChI=1S/C17H24FNO3S/c1-19(15-8-3-4-9-16(15)23(2,21)22)17(20)11-10-13-6-5-7-14(18)12-13/h5-7,12,15-16H,3-4,8-11H2,1-2H3/t15-,16+/m1/s1. The van der Waals surface area contributed by atoms with Gasteiger partial charge in [-0.3, -0.25) is 4.79 Å². The van der Waals surface area contributed by atoms with E-state index in [1.165, 1.54) is 18.4 Å². The Labute approximate surface area is 137 Å². The van der Waals surface area contributed by atoms with Crippen LogP contribution in [0.3, 0.4) is 0 Å². The minimum Gasteiger partial charge on any atom is -0.341 e. The lowest BCUT2D eigenvalue weighted by atomic mass is 9.93. The molecule has 0 aromatic heterocycles. The molecule has 0 spiro atoms. The van der Waals surface area contributed by atoms with Crippen molar-refractivity contribution in [3.8, 4) is 0 Å². The largest absolute Gasteiger partial charge is 0.341 e. The van der Waals surface area contributed by atoms with Crippen LogP contribution in [0.4, 0.5) is 4.39 Å². The molecule has 1 amide bonds. The van der Waals surface area contributed by atoms with Crippen molar-refractivity contribution in [2.24, 2.45) is 0 Å². The van der Waals surface area contributed by atoms with E-state index in [2.05, 4.69) is 0 Å². The average Bonchev–Trinajstić information content (AvgIpc) is 2.51. The second-order valence-electron chi connectivity index (χ2n) is 6.35. The van der Waals surface area contributed by atoms with Crippen LogP contribution in [0.25, 0.3) is 0 Å². The van der Waals surface area contributed by atoms with Gasteiger partial charge in [-0.2, -0.15) is 0 Å². The summed E-state index contributed by atoms with van der Waals surface area (Å²) in [6, 6.07) is 5.96. The molecular weight excluding hydrogens is 317 g/mol. The molecule has 6 heteroatoms. The van der Waals surface area contributed by atoms with Crippen LogP contribution in [0.5, 0.6) is 0 Å². The van der Waals surface area contributed by atoms with Crippen molar-refractivity contribution in [2.45, 2.75) is 49.8 Å². The van der Waals surface area contributed by atoms with E-state index in [-0.39, 0.29) is 24.2 Å². The van der Waals surface area contributed by atoms with E-state index >= 15 is 0 Å². The van der Waals surface area contributed by atoms with Gasteiger partial charge in [-0.15, -0.1) is 0 Å². The first-order valence-electron chi connectivity index (χ1n) is 7.98. The van der Waals surface area contributed by atoms with Crippen molar-refractivity contribution >= 4 is 15.7 Å². The highest BCUT2D eigenvalue weighted by atomic mass is 32.2. The molecule has 23 heavy (non-hydrogen) atoms. The Bertz CT molecular complexity index is 660. The molecule has 1 saturated carbocycles.